The summed E-state index contributed by atoms with van der Waals surface area (Å²) < 4.78 is 4.54. The summed E-state index contributed by atoms with van der Waals surface area (Å²) in [6, 6.07) is -1.05. The Morgan fingerprint density at radius 1 is 1.73 bits per heavy atom. The van der Waals surface area contributed by atoms with Crippen molar-refractivity contribution in [3.63, 3.8) is 0 Å². The average Bonchev–Trinajstić information content (AvgIpc) is 2.11. The minimum atomic E-state index is -1.38. The van der Waals surface area contributed by atoms with E-state index in [-0.39, 0.29) is 12.3 Å². The maximum absolute atomic E-state index is 11.4. The number of carbonyl (C=O) groups excluding carboxylic acids is 2. The van der Waals surface area contributed by atoms with Crippen LogP contribution in [0.3, 0.4) is 0 Å². The number of likely N-dealkylation sites (tertiary alicyclic amines) is 1. The molecule has 15 heavy (non-hydrogen) atoms. The quantitative estimate of drug-likeness (QED) is 0.326. The highest BCUT2D eigenvalue weighted by atomic mass is 35.5. The zero-order valence-corrected chi connectivity index (χ0v) is 9.61. The van der Waals surface area contributed by atoms with Crippen molar-refractivity contribution in [2.45, 2.75) is 37.4 Å². The molecular formula is C9H14ClNO4. The Bertz CT molecular complexity index is 286. The van der Waals surface area contributed by atoms with Crippen molar-refractivity contribution in [3.05, 3.63) is 0 Å². The molecule has 0 saturated carbocycles. The molecule has 2 unspecified atom stereocenters. The van der Waals surface area contributed by atoms with Crippen LogP contribution in [-0.4, -0.2) is 46.1 Å². The SMILES string of the molecule is COC(=O)C(N1C(=O)CC1Cl)C(C)(C)O. The largest absolute Gasteiger partial charge is 0.467 e. The lowest BCUT2D eigenvalue weighted by atomic mass is 9.94. The fraction of sp³-hybridized carbons (Fsp3) is 0.778. The molecule has 2 atom stereocenters. The summed E-state index contributed by atoms with van der Waals surface area (Å²) in [4.78, 5) is 23.9. The van der Waals surface area contributed by atoms with Gasteiger partial charge in [0.2, 0.25) is 5.91 Å². The van der Waals surface area contributed by atoms with E-state index in [0.717, 1.165) is 4.90 Å². The van der Waals surface area contributed by atoms with Crippen LogP contribution in [0.1, 0.15) is 20.3 Å². The van der Waals surface area contributed by atoms with Crippen LogP contribution >= 0.6 is 11.6 Å². The monoisotopic (exact) mass is 235 g/mol. The Balaban J connectivity index is 2.91. The molecular weight excluding hydrogens is 222 g/mol. The Morgan fingerprint density at radius 3 is 2.53 bits per heavy atom. The van der Waals surface area contributed by atoms with Gasteiger partial charge in [0.05, 0.1) is 19.1 Å². The van der Waals surface area contributed by atoms with Crippen LogP contribution in [0.2, 0.25) is 0 Å². The molecule has 86 valence electrons. The zero-order valence-electron chi connectivity index (χ0n) is 8.86. The van der Waals surface area contributed by atoms with E-state index in [0.29, 0.717) is 0 Å². The van der Waals surface area contributed by atoms with Gasteiger partial charge in [-0.3, -0.25) is 4.79 Å². The number of aliphatic hydroxyl groups is 1. The van der Waals surface area contributed by atoms with Gasteiger partial charge in [-0.25, -0.2) is 4.79 Å². The molecule has 1 heterocycles. The Hall–Kier alpha value is -0.810. The van der Waals surface area contributed by atoms with Crippen molar-refractivity contribution < 1.29 is 19.4 Å². The lowest BCUT2D eigenvalue weighted by Gasteiger charge is -2.45. The Labute approximate surface area is 92.9 Å². The van der Waals surface area contributed by atoms with E-state index >= 15 is 0 Å². The number of nitrogens with zero attached hydrogens (tertiary/aromatic N) is 1. The van der Waals surface area contributed by atoms with Gasteiger partial charge in [0.1, 0.15) is 5.50 Å². The van der Waals surface area contributed by atoms with E-state index in [9.17, 15) is 14.7 Å². The fourth-order valence-electron chi connectivity index (χ4n) is 1.55. The van der Waals surface area contributed by atoms with Crippen molar-refractivity contribution in [1.29, 1.82) is 0 Å². The van der Waals surface area contributed by atoms with E-state index in [1.54, 1.807) is 0 Å². The van der Waals surface area contributed by atoms with Gasteiger partial charge in [0.15, 0.2) is 6.04 Å². The normalized spacial score (nSPS) is 23.4. The maximum atomic E-state index is 11.4. The summed E-state index contributed by atoms with van der Waals surface area (Å²) in [6.45, 7) is 2.87. The van der Waals surface area contributed by atoms with Crippen LogP contribution in [-0.2, 0) is 14.3 Å². The molecule has 0 bridgehead atoms. The smallest absolute Gasteiger partial charge is 0.331 e. The van der Waals surface area contributed by atoms with E-state index < -0.39 is 23.1 Å². The predicted molar refractivity (Wildman–Crippen MR) is 53.2 cm³/mol. The number of hydrogen-bond donors (Lipinski definition) is 1. The number of ether oxygens (including phenoxy) is 1. The number of carbonyl (C=O) groups is 2. The maximum Gasteiger partial charge on any atom is 0.331 e. The van der Waals surface area contributed by atoms with Gasteiger partial charge in [0, 0.05) is 0 Å². The van der Waals surface area contributed by atoms with Crippen LogP contribution in [0, 0.1) is 0 Å². The number of β-lactam (4-membered cyclic amide) rings is 1. The molecule has 1 saturated heterocycles. The molecule has 1 amide bonds. The van der Waals surface area contributed by atoms with Crippen LogP contribution in [0.15, 0.2) is 0 Å². The summed E-state index contributed by atoms with van der Waals surface area (Å²) in [5.41, 5.74) is -1.93. The van der Waals surface area contributed by atoms with E-state index in [1.165, 1.54) is 21.0 Å². The number of alkyl halides is 1. The Kier molecular flexibility index (Phi) is 3.25. The summed E-state index contributed by atoms with van der Waals surface area (Å²) in [6.07, 6.45) is 0.186. The van der Waals surface area contributed by atoms with E-state index in [4.69, 9.17) is 11.6 Å². The third-order valence-corrected chi connectivity index (χ3v) is 2.67. The van der Waals surface area contributed by atoms with Gasteiger partial charge in [-0.05, 0) is 13.8 Å². The molecule has 1 N–H and O–H groups in total. The van der Waals surface area contributed by atoms with Crippen molar-refractivity contribution in [3.8, 4) is 0 Å². The lowest BCUT2D eigenvalue weighted by molar-refractivity contribution is -0.171. The first kappa shape index (κ1) is 12.3. The standard InChI is InChI=1S/C9H14ClNO4/c1-9(2,14)7(8(13)15-3)11-5(10)4-6(11)12/h5,7,14H,4H2,1-3H3. The molecule has 1 rings (SSSR count). The van der Waals surface area contributed by atoms with Gasteiger partial charge in [-0.15, -0.1) is 0 Å². The highest BCUT2D eigenvalue weighted by molar-refractivity contribution is 6.25. The summed E-state index contributed by atoms with van der Waals surface area (Å²) in [7, 11) is 1.20. The molecule has 1 aliphatic rings. The van der Waals surface area contributed by atoms with Crippen LogP contribution in [0.5, 0.6) is 0 Å². The molecule has 0 aromatic carbocycles. The second-order valence-electron chi connectivity index (χ2n) is 4.02. The van der Waals surface area contributed by atoms with Gasteiger partial charge in [-0.1, -0.05) is 11.6 Å². The molecule has 0 spiro atoms. The zero-order chi connectivity index (χ0) is 11.8. The van der Waals surface area contributed by atoms with Crippen molar-refractivity contribution in [2.75, 3.05) is 7.11 Å². The number of esters is 1. The predicted octanol–water partition coefficient (Wildman–Crippen LogP) is 0.0961. The summed E-state index contributed by atoms with van der Waals surface area (Å²) >= 11 is 5.80. The summed E-state index contributed by atoms with van der Waals surface area (Å²) in [5.74, 6) is -0.922. The minimum absolute atomic E-state index is 0.186. The molecule has 5 nitrogen and oxygen atoms in total. The second-order valence-corrected chi connectivity index (χ2v) is 4.52. The number of halogens is 1. The fourth-order valence-corrected chi connectivity index (χ4v) is 1.90. The minimum Gasteiger partial charge on any atom is -0.467 e. The van der Waals surface area contributed by atoms with Crippen LogP contribution in [0.4, 0.5) is 0 Å². The Morgan fingerprint density at radius 2 is 2.27 bits per heavy atom. The van der Waals surface area contributed by atoms with E-state index in [2.05, 4.69) is 4.74 Å². The highest BCUT2D eigenvalue weighted by Gasteiger charge is 2.49. The molecule has 0 aliphatic carbocycles. The molecule has 0 aromatic rings. The molecule has 1 aliphatic heterocycles. The second kappa shape index (κ2) is 3.98. The average molecular weight is 236 g/mol. The van der Waals surface area contributed by atoms with Crippen molar-refractivity contribution in [2.24, 2.45) is 0 Å². The van der Waals surface area contributed by atoms with Crippen LogP contribution in [0.25, 0.3) is 0 Å². The highest BCUT2D eigenvalue weighted by Crippen LogP contribution is 2.30. The lowest BCUT2D eigenvalue weighted by Crippen LogP contribution is -2.64. The molecule has 0 radical (unpaired) electrons. The third kappa shape index (κ3) is 2.23. The number of rotatable bonds is 3. The first-order valence-corrected chi connectivity index (χ1v) is 4.98. The number of amides is 1. The first-order valence-electron chi connectivity index (χ1n) is 4.54. The van der Waals surface area contributed by atoms with Crippen molar-refractivity contribution >= 4 is 23.5 Å². The van der Waals surface area contributed by atoms with Crippen molar-refractivity contribution in [1.82, 2.24) is 4.90 Å². The first-order chi connectivity index (χ1) is 6.79. The molecule has 6 heteroatoms. The van der Waals surface area contributed by atoms with Gasteiger partial charge in [0.25, 0.3) is 0 Å². The number of hydrogen-bond acceptors (Lipinski definition) is 4. The van der Waals surface area contributed by atoms with Gasteiger partial charge < -0.3 is 14.7 Å². The van der Waals surface area contributed by atoms with Gasteiger partial charge in [-0.2, -0.15) is 0 Å². The van der Waals surface area contributed by atoms with Gasteiger partial charge >= 0.3 is 5.97 Å². The third-order valence-electron chi connectivity index (χ3n) is 2.30. The molecule has 0 aromatic heterocycles. The number of methoxy groups -OCH3 is 1. The van der Waals surface area contributed by atoms with Crippen LogP contribution < -0.4 is 0 Å². The topological polar surface area (TPSA) is 66.8 Å². The molecule has 1 fully saturated rings. The van der Waals surface area contributed by atoms with E-state index in [1.807, 2.05) is 0 Å². The summed E-state index contributed by atoms with van der Waals surface area (Å²) in [5, 5.41) is 9.80.